The molecule has 1 heterocycles. The Bertz CT molecular complexity index is 1000. The number of nitrogens with zero attached hydrogens (tertiary/aromatic N) is 1. The first-order valence-electron chi connectivity index (χ1n) is 11.8. The van der Waals surface area contributed by atoms with Crippen LogP contribution in [0.2, 0.25) is 5.02 Å². The molecule has 1 aliphatic heterocycles. The van der Waals surface area contributed by atoms with Crippen molar-refractivity contribution in [1.82, 2.24) is 15.5 Å². The molecule has 0 aromatic heterocycles. The minimum absolute atomic E-state index is 0.00686. The summed E-state index contributed by atoms with van der Waals surface area (Å²) in [5, 5.41) is 9.16. The molecule has 1 aliphatic rings. The highest BCUT2D eigenvalue weighted by molar-refractivity contribution is 6.33. The molecular weight excluding hydrogens is 452 g/mol. The second-order valence-corrected chi connectivity index (χ2v) is 9.28. The van der Waals surface area contributed by atoms with Crippen LogP contribution in [-0.4, -0.2) is 47.9 Å². The van der Waals surface area contributed by atoms with Crippen molar-refractivity contribution in [2.45, 2.75) is 52.1 Å². The van der Waals surface area contributed by atoms with Crippen LogP contribution in [-0.2, 0) is 4.79 Å². The fourth-order valence-corrected chi connectivity index (χ4v) is 4.19. The first-order chi connectivity index (χ1) is 16.3. The zero-order chi connectivity index (χ0) is 24.7. The van der Waals surface area contributed by atoms with Gasteiger partial charge in [-0.3, -0.25) is 9.59 Å². The number of likely N-dealkylation sites (tertiary alicyclic amines) is 1. The van der Waals surface area contributed by atoms with Crippen LogP contribution in [0.15, 0.2) is 48.5 Å². The van der Waals surface area contributed by atoms with Gasteiger partial charge in [-0.05, 0) is 63.3 Å². The third-order valence-electron chi connectivity index (χ3n) is 6.29. The molecule has 2 atom stereocenters. The van der Waals surface area contributed by atoms with Crippen LogP contribution in [0.4, 0.5) is 10.5 Å². The summed E-state index contributed by atoms with van der Waals surface area (Å²) >= 11 is 6.19. The first-order valence-corrected chi connectivity index (χ1v) is 12.1. The highest BCUT2D eigenvalue weighted by Gasteiger charge is 2.34. The maximum Gasteiger partial charge on any atom is 0.321 e. The van der Waals surface area contributed by atoms with Crippen molar-refractivity contribution in [3.05, 3.63) is 64.7 Å². The maximum atomic E-state index is 13.1. The monoisotopic (exact) mass is 484 g/mol. The molecule has 34 heavy (non-hydrogen) atoms. The lowest BCUT2D eigenvalue weighted by molar-refractivity contribution is -0.125. The van der Waals surface area contributed by atoms with Crippen molar-refractivity contribution in [3.63, 3.8) is 0 Å². The molecule has 0 radical (unpaired) electrons. The number of piperidine rings is 1. The van der Waals surface area contributed by atoms with E-state index in [-0.39, 0.29) is 29.8 Å². The standard InChI is InChI=1S/C26H33ClN4O3/c1-4-18(3)28-25(33)23(30-24(32)21-7-5-6-8-22(21)27)19-13-15-31(16-14-19)26(34)29-20-11-9-17(2)10-12-20/h5-12,18-19,23H,4,13-16H2,1-3H3,(H,28,33)(H,29,34)(H,30,32)/t18-,23-/m1/s1. The Hall–Kier alpha value is -3.06. The highest BCUT2D eigenvalue weighted by atomic mass is 35.5. The van der Waals surface area contributed by atoms with Gasteiger partial charge < -0.3 is 20.9 Å². The first kappa shape index (κ1) is 25.6. The van der Waals surface area contributed by atoms with Gasteiger partial charge in [0.2, 0.25) is 5.91 Å². The van der Waals surface area contributed by atoms with Crippen molar-refractivity contribution in [1.29, 1.82) is 0 Å². The Morgan fingerprint density at radius 3 is 2.29 bits per heavy atom. The van der Waals surface area contributed by atoms with Crippen LogP contribution in [0, 0.1) is 12.8 Å². The van der Waals surface area contributed by atoms with Crippen LogP contribution >= 0.6 is 11.6 Å². The van der Waals surface area contributed by atoms with E-state index in [1.54, 1.807) is 29.2 Å². The summed E-state index contributed by atoms with van der Waals surface area (Å²) in [4.78, 5) is 40.5. The molecule has 8 heteroatoms. The third-order valence-corrected chi connectivity index (χ3v) is 6.62. The number of carbonyl (C=O) groups excluding carboxylic acids is 3. The Morgan fingerprint density at radius 2 is 1.68 bits per heavy atom. The summed E-state index contributed by atoms with van der Waals surface area (Å²) in [7, 11) is 0. The van der Waals surface area contributed by atoms with E-state index >= 15 is 0 Å². The van der Waals surface area contributed by atoms with E-state index in [1.165, 1.54) is 0 Å². The summed E-state index contributed by atoms with van der Waals surface area (Å²) in [6.45, 7) is 6.92. The van der Waals surface area contributed by atoms with Crippen molar-refractivity contribution in [3.8, 4) is 0 Å². The fourth-order valence-electron chi connectivity index (χ4n) is 3.97. The second-order valence-electron chi connectivity index (χ2n) is 8.87. The number of nitrogens with one attached hydrogen (secondary N) is 3. The molecule has 0 aliphatic carbocycles. The van der Waals surface area contributed by atoms with E-state index in [0.717, 1.165) is 17.7 Å². The molecule has 0 unspecified atom stereocenters. The Morgan fingerprint density at radius 1 is 1.03 bits per heavy atom. The van der Waals surface area contributed by atoms with E-state index in [1.807, 2.05) is 45.0 Å². The molecule has 2 aromatic rings. The normalized spacial score (nSPS) is 15.8. The lowest BCUT2D eigenvalue weighted by atomic mass is 9.88. The van der Waals surface area contributed by atoms with Gasteiger partial charge in [0, 0.05) is 24.8 Å². The van der Waals surface area contributed by atoms with Crippen LogP contribution in [0.1, 0.15) is 49.0 Å². The molecule has 182 valence electrons. The number of aryl methyl sites for hydroxylation is 1. The lowest BCUT2D eigenvalue weighted by Gasteiger charge is -2.36. The predicted octanol–water partition coefficient (Wildman–Crippen LogP) is 4.61. The molecule has 7 nitrogen and oxygen atoms in total. The summed E-state index contributed by atoms with van der Waals surface area (Å²) in [6, 6.07) is 13.5. The van der Waals surface area contributed by atoms with E-state index in [4.69, 9.17) is 11.6 Å². The Labute approximate surface area is 206 Å². The minimum atomic E-state index is -0.708. The van der Waals surface area contributed by atoms with Crippen molar-refractivity contribution in [2.75, 3.05) is 18.4 Å². The van der Waals surface area contributed by atoms with Gasteiger partial charge in [0.05, 0.1) is 10.6 Å². The molecular formula is C26H33ClN4O3. The highest BCUT2D eigenvalue weighted by Crippen LogP contribution is 2.23. The number of halogens is 1. The number of hydrogen-bond acceptors (Lipinski definition) is 3. The Balaban J connectivity index is 1.66. The van der Waals surface area contributed by atoms with E-state index in [0.29, 0.717) is 36.5 Å². The molecule has 1 saturated heterocycles. The number of urea groups is 1. The number of anilines is 1. The van der Waals surface area contributed by atoms with E-state index < -0.39 is 6.04 Å². The van der Waals surface area contributed by atoms with Gasteiger partial charge in [-0.25, -0.2) is 4.79 Å². The molecule has 0 saturated carbocycles. The van der Waals surface area contributed by atoms with Gasteiger partial charge in [-0.1, -0.05) is 48.4 Å². The van der Waals surface area contributed by atoms with E-state index in [2.05, 4.69) is 16.0 Å². The summed E-state index contributed by atoms with van der Waals surface area (Å²) < 4.78 is 0. The predicted molar refractivity (Wildman–Crippen MR) is 135 cm³/mol. The van der Waals surface area contributed by atoms with Gasteiger partial charge in [0.25, 0.3) is 5.91 Å². The second kappa shape index (κ2) is 11.9. The van der Waals surface area contributed by atoms with Crippen molar-refractivity contribution in [2.24, 2.45) is 5.92 Å². The van der Waals surface area contributed by atoms with Crippen LogP contribution in [0.3, 0.4) is 0 Å². The van der Waals surface area contributed by atoms with Gasteiger partial charge in [0.1, 0.15) is 6.04 Å². The summed E-state index contributed by atoms with van der Waals surface area (Å²) in [5.74, 6) is -0.689. The fraction of sp³-hybridized carbons (Fsp3) is 0.423. The van der Waals surface area contributed by atoms with Gasteiger partial charge in [-0.2, -0.15) is 0 Å². The maximum absolute atomic E-state index is 13.1. The molecule has 0 spiro atoms. The number of hydrogen-bond donors (Lipinski definition) is 3. The number of benzene rings is 2. The van der Waals surface area contributed by atoms with Crippen LogP contribution in [0.5, 0.6) is 0 Å². The molecule has 3 N–H and O–H groups in total. The zero-order valence-corrected chi connectivity index (χ0v) is 20.7. The number of rotatable bonds is 7. The van der Waals surface area contributed by atoms with Gasteiger partial charge in [-0.15, -0.1) is 0 Å². The molecule has 2 aromatic carbocycles. The SMILES string of the molecule is CC[C@@H](C)NC(=O)[C@H](NC(=O)c1ccccc1Cl)C1CCN(C(=O)Nc2ccc(C)cc2)CC1. The zero-order valence-electron chi connectivity index (χ0n) is 19.9. The minimum Gasteiger partial charge on any atom is -0.352 e. The smallest absolute Gasteiger partial charge is 0.321 e. The molecule has 3 rings (SSSR count). The van der Waals surface area contributed by atoms with Gasteiger partial charge in [0.15, 0.2) is 0 Å². The molecule has 0 bridgehead atoms. The molecule has 1 fully saturated rings. The van der Waals surface area contributed by atoms with E-state index in [9.17, 15) is 14.4 Å². The largest absolute Gasteiger partial charge is 0.352 e. The van der Waals surface area contributed by atoms with Crippen molar-refractivity contribution < 1.29 is 14.4 Å². The summed E-state index contributed by atoms with van der Waals surface area (Å²) in [6.07, 6.45) is 1.99. The average Bonchev–Trinajstić information content (AvgIpc) is 2.84. The van der Waals surface area contributed by atoms with Crippen LogP contribution in [0.25, 0.3) is 0 Å². The lowest BCUT2D eigenvalue weighted by Crippen LogP contribution is -2.55. The number of carbonyl (C=O) groups is 3. The quantitative estimate of drug-likeness (QED) is 0.536. The average molecular weight is 485 g/mol. The van der Waals surface area contributed by atoms with Gasteiger partial charge >= 0.3 is 6.03 Å². The topological polar surface area (TPSA) is 90.5 Å². The summed E-state index contributed by atoms with van der Waals surface area (Å²) in [5.41, 5.74) is 2.20. The Kier molecular flexibility index (Phi) is 8.93. The van der Waals surface area contributed by atoms with Crippen molar-refractivity contribution >= 4 is 35.1 Å². The van der Waals surface area contributed by atoms with Crippen LogP contribution < -0.4 is 16.0 Å². The number of amides is 4. The molecule has 4 amide bonds. The third kappa shape index (κ3) is 6.73.